The van der Waals surface area contributed by atoms with E-state index >= 15 is 0 Å². The summed E-state index contributed by atoms with van der Waals surface area (Å²) in [7, 11) is -0.225. The van der Waals surface area contributed by atoms with Crippen LogP contribution in [-0.2, 0) is 10.0 Å². The summed E-state index contributed by atoms with van der Waals surface area (Å²) in [6.45, 7) is 1.72. The first-order chi connectivity index (χ1) is 9.03. The van der Waals surface area contributed by atoms with Crippen LogP contribution in [0.15, 0.2) is 23.1 Å². The van der Waals surface area contributed by atoms with Crippen LogP contribution in [0.25, 0.3) is 0 Å². The fraction of sp³-hybridized carbons (Fsp3) is 0.500. The number of sulfonamides is 1. The number of phenolic OH excluding ortho intramolecular Hbond substituents is 1. The second kappa shape index (κ2) is 5.96. The minimum Gasteiger partial charge on any atom is -0.506 e. The van der Waals surface area contributed by atoms with E-state index in [2.05, 4.69) is 4.72 Å². The lowest BCUT2D eigenvalue weighted by Crippen LogP contribution is -2.47. The van der Waals surface area contributed by atoms with E-state index < -0.39 is 15.6 Å². The molecule has 0 heterocycles. The van der Waals surface area contributed by atoms with Gasteiger partial charge in [0, 0.05) is 13.1 Å². The number of aliphatic hydroxyl groups is 1. The number of benzene rings is 1. The molecule has 1 atom stereocenters. The summed E-state index contributed by atoms with van der Waals surface area (Å²) in [5.41, 5.74) is 4.25. The summed E-state index contributed by atoms with van der Waals surface area (Å²) in [6.07, 6.45) is 0. The minimum atomic E-state index is -3.79. The van der Waals surface area contributed by atoms with Crippen LogP contribution in [0.3, 0.4) is 0 Å². The standard InChI is InChI=1S/C12H21N3O4S/c1-12(17,8-15(2)3)7-14-20(18,19)9-4-5-11(16)10(13)6-9/h4-6,14,16-17H,7-8,13H2,1-3H3. The van der Waals surface area contributed by atoms with Crippen molar-refractivity contribution in [3.8, 4) is 5.75 Å². The van der Waals surface area contributed by atoms with E-state index in [0.717, 1.165) is 0 Å². The highest BCUT2D eigenvalue weighted by Gasteiger charge is 2.25. The quantitative estimate of drug-likeness (QED) is 0.418. The lowest BCUT2D eigenvalue weighted by Gasteiger charge is -2.27. The predicted octanol–water partition coefficient (Wildman–Crippen LogP) is -0.435. The zero-order valence-corrected chi connectivity index (χ0v) is 12.6. The van der Waals surface area contributed by atoms with Crippen LogP contribution in [0, 0.1) is 0 Å². The predicted molar refractivity (Wildman–Crippen MR) is 76.9 cm³/mol. The van der Waals surface area contributed by atoms with Crippen molar-refractivity contribution in [3.05, 3.63) is 18.2 Å². The zero-order valence-electron chi connectivity index (χ0n) is 11.8. The topological polar surface area (TPSA) is 116 Å². The van der Waals surface area contributed by atoms with E-state index in [9.17, 15) is 18.6 Å². The van der Waals surface area contributed by atoms with Crippen molar-refractivity contribution in [2.45, 2.75) is 17.4 Å². The molecule has 0 aliphatic carbocycles. The summed E-state index contributed by atoms with van der Waals surface area (Å²) in [4.78, 5) is 1.70. The molecule has 20 heavy (non-hydrogen) atoms. The van der Waals surface area contributed by atoms with E-state index in [-0.39, 0.29) is 22.9 Å². The molecule has 0 aliphatic heterocycles. The third-order valence-electron chi connectivity index (χ3n) is 2.61. The average Bonchev–Trinajstić information content (AvgIpc) is 2.29. The fourth-order valence-corrected chi connectivity index (χ4v) is 2.97. The highest BCUT2D eigenvalue weighted by atomic mass is 32.2. The number of rotatable bonds is 6. The SMILES string of the molecule is CN(C)CC(C)(O)CNS(=O)(=O)c1ccc(O)c(N)c1. The Morgan fingerprint density at radius 1 is 1.40 bits per heavy atom. The third-order valence-corrected chi connectivity index (χ3v) is 4.01. The molecule has 1 unspecified atom stereocenters. The van der Waals surface area contributed by atoms with Gasteiger partial charge in [0.15, 0.2) is 0 Å². The average molecular weight is 303 g/mol. The Bertz CT molecular complexity index is 570. The van der Waals surface area contributed by atoms with Crippen molar-refractivity contribution in [1.29, 1.82) is 0 Å². The molecule has 0 radical (unpaired) electrons. The van der Waals surface area contributed by atoms with Crippen molar-refractivity contribution < 1.29 is 18.6 Å². The lowest BCUT2D eigenvalue weighted by atomic mass is 10.1. The van der Waals surface area contributed by atoms with E-state index in [1.807, 2.05) is 0 Å². The molecule has 0 bridgehead atoms. The van der Waals surface area contributed by atoms with E-state index in [0.29, 0.717) is 6.54 Å². The molecule has 7 nitrogen and oxygen atoms in total. The van der Waals surface area contributed by atoms with E-state index in [4.69, 9.17) is 5.73 Å². The summed E-state index contributed by atoms with van der Waals surface area (Å²) in [6, 6.07) is 3.62. The fourth-order valence-electron chi connectivity index (χ4n) is 1.77. The van der Waals surface area contributed by atoms with Gasteiger partial charge in [0.05, 0.1) is 16.2 Å². The molecule has 8 heteroatoms. The molecule has 1 aromatic carbocycles. The number of hydrogen-bond donors (Lipinski definition) is 4. The Balaban J connectivity index is 2.82. The van der Waals surface area contributed by atoms with Crippen molar-refractivity contribution in [3.63, 3.8) is 0 Å². The molecule has 0 aliphatic rings. The Hall–Kier alpha value is -1.35. The van der Waals surface area contributed by atoms with Crippen LogP contribution in [-0.4, -0.2) is 56.3 Å². The van der Waals surface area contributed by atoms with Gasteiger partial charge in [0.1, 0.15) is 5.75 Å². The maximum atomic E-state index is 12.1. The van der Waals surface area contributed by atoms with Gasteiger partial charge in [0.25, 0.3) is 0 Å². The van der Waals surface area contributed by atoms with Crippen LogP contribution in [0.2, 0.25) is 0 Å². The number of aromatic hydroxyl groups is 1. The second-order valence-corrected chi connectivity index (χ2v) is 7.05. The van der Waals surface area contributed by atoms with E-state index in [1.54, 1.807) is 25.9 Å². The first kappa shape index (κ1) is 16.7. The third kappa shape index (κ3) is 4.64. The van der Waals surface area contributed by atoms with E-state index in [1.165, 1.54) is 18.2 Å². The molecule has 5 N–H and O–H groups in total. The first-order valence-electron chi connectivity index (χ1n) is 5.99. The van der Waals surface area contributed by atoms with Crippen molar-refractivity contribution in [2.24, 2.45) is 0 Å². The number of nitrogens with one attached hydrogen (secondary N) is 1. The normalized spacial score (nSPS) is 15.2. The summed E-state index contributed by atoms with van der Waals surface area (Å²) >= 11 is 0. The van der Waals surface area contributed by atoms with Gasteiger partial charge >= 0.3 is 0 Å². The van der Waals surface area contributed by atoms with Gasteiger partial charge in [-0.25, -0.2) is 13.1 Å². The second-order valence-electron chi connectivity index (χ2n) is 5.28. The van der Waals surface area contributed by atoms with Gasteiger partial charge < -0.3 is 20.8 Å². The Labute approximate surface area is 119 Å². The highest BCUT2D eigenvalue weighted by molar-refractivity contribution is 7.89. The highest BCUT2D eigenvalue weighted by Crippen LogP contribution is 2.23. The van der Waals surface area contributed by atoms with Gasteiger partial charge in [-0.1, -0.05) is 0 Å². The molecule has 0 spiro atoms. The summed E-state index contributed by atoms with van der Waals surface area (Å²) in [5.74, 6) is -0.177. The number of anilines is 1. The number of phenols is 1. The molecule has 1 rings (SSSR count). The van der Waals surface area contributed by atoms with Gasteiger partial charge in [-0.05, 0) is 39.2 Å². The van der Waals surface area contributed by atoms with Crippen molar-refractivity contribution in [2.75, 3.05) is 32.9 Å². The molecular formula is C12H21N3O4S. The zero-order chi connectivity index (χ0) is 15.6. The Morgan fingerprint density at radius 2 is 2.00 bits per heavy atom. The van der Waals surface area contributed by atoms with Crippen LogP contribution in [0.4, 0.5) is 5.69 Å². The van der Waals surface area contributed by atoms with Gasteiger partial charge in [-0.2, -0.15) is 0 Å². The molecule has 0 amide bonds. The maximum Gasteiger partial charge on any atom is 0.240 e. The smallest absolute Gasteiger partial charge is 0.240 e. The monoisotopic (exact) mass is 303 g/mol. The molecule has 114 valence electrons. The molecule has 0 aromatic heterocycles. The molecule has 0 fully saturated rings. The summed E-state index contributed by atoms with van der Waals surface area (Å²) < 4.78 is 26.4. The van der Waals surface area contributed by atoms with Crippen molar-refractivity contribution >= 4 is 15.7 Å². The van der Waals surface area contributed by atoms with Crippen LogP contribution in [0.1, 0.15) is 6.92 Å². The van der Waals surface area contributed by atoms with Crippen molar-refractivity contribution in [1.82, 2.24) is 9.62 Å². The molecule has 0 saturated heterocycles. The van der Waals surface area contributed by atoms with Crippen LogP contribution >= 0.6 is 0 Å². The Kier molecular flexibility index (Phi) is 4.98. The molecular weight excluding hydrogens is 282 g/mol. The lowest BCUT2D eigenvalue weighted by molar-refractivity contribution is 0.0386. The molecule has 1 aromatic rings. The number of likely N-dealkylation sites (N-methyl/N-ethyl adjacent to an activating group) is 1. The minimum absolute atomic E-state index is 0.0204. The maximum absolute atomic E-state index is 12.1. The Morgan fingerprint density at radius 3 is 2.50 bits per heavy atom. The van der Waals surface area contributed by atoms with Crippen LogP contribution < -0.4 is 10.5 Å². The van der Waals surface area contributed by atoms with Gasteiger partial charge in [-0.3, -0.25) is 0 Å². The first-order valence-corrected chi connectivity index (χ1v) is 7.47. The van der Waals surface area contributed by atoms with Crippen LogP contribution in [0.5, 0.6) is 5.75 Å². The number of nitrogens with two attached hydrogens (primary N) is 1. The number of nitrogens with zero attached hydrogens (tertiary/aromatic N) is 1. The summed E-state index contributed by atoms with van der Waals surface area (Å²) in [5, 5.41) is 19.3. The number of hydrogen-bond acceptors (Lipinski definition) is 6. The molecule has 0 saturated carbocycles. The van der Waals surface area contributed by atoms with Gasteiger partial charge in [0.2, 0.25) is 10.0 Å². The number of nitrogen functional groups attached to an aromatic ring is 1. The van der Waals surface area contributed by atoms with Gasteiger partial charge in [-0.15, -0.1) is 0 Å². The largest absolute Gasteiger partial charge is 0.506 e.